The largest absolute Gasteiger partial charge is 0.338 e. The predicted octanol–water partition coefficient (Wildman–Crippen LogP) is 6.32. The molecule has 0 spiro atoms. The topological polar surface area (TPSA) is 120 Å². The summed E-state index contributed by atoms with van der Waals surface area (Å²) in [6.07, 6.45) is 12.1. The minimum Gasteiger partial charge on any atom is -0.338 e. The lowest BCUT2D eigenvalue weighted by atomic mass is 9.83. The number of aromatic amines is 1. The van der Waals surface area contributed by atoms with E-state index in [-0.39, 0.29) is 11.8 Å². The second kappa shape index (κ2) is 13.0. The third kappa shape index (κ3) is 6.36. The van der Waals surface area contributed by atoms with Crippen molar-refractivity contribution < 1.29 is 9.59 Å². The van der Waals surface area contributed by atoms with E-state index in [2.05, 4.69) is 66.6 Å². The smallest absolute Gasteiger partial charge is 0.237 e. The monoisotopic (exact) mass is 652 g/mol. The van der Waals surface area contributed by atoms with Gasteiger partial charge in [-0.3, -0.25) is 24.6 Å². The van der Waals surface area contributed by atoms with Gasteiger partial charge in [0, 0.05) is 72.0 Å². The summed E-state index contributed by atoms with van der Waals surface area (Å²) in [5, 5.41) is 11.9. The first-order chi connectivity index (χ1) is 24.0. The number of rotatable bonds is 9. The van der Waals surface area contributed by atoms with E-state index in [1.807, 2.05) is 53.6 Å². The Morgan fingerprint density at radius 3 is 2.51 bits per heavy atom. The van der Waals surface area contributed by atoms with E-state index < -0.39 is 5.41 Å². The summed E-state index contributed by atoms with van der Waals surface area (Å²) >= 11 is 0. The summed E-state index contributed by atoms with van der Waals surface area (Å²) in [6.45, 7) is 4.94. The van der Waals surface area contributed by atoms with Gasteiger partial charge in [-0.05, 0) is 86.2 Å². The number of amides is 2. The third-order valence-electron chi connectivity index (χ3n) is 10.5. The molecule has 1 saturated carbocycles. The second-order valence-electron chi connectivity index (χ2n) is 13.6. The number of anilines is 1. The molecule has 1 atom stereocenters. The molecular formula is C39H40N8O2. The van der Waals surface area contributed by atoms with Crippen LogP contribution in [0.15, 0.2) is 85.3 Å². The van der Waals surface area contributed by atoms with E-state index in [1.54, 1.807) is 12.4 Å². The van der Waals surface area contributed by atoms with Crippen LogP contribution in [0.1, 0.15) is 56.2 Å². The van der Waals surface area contributed by atoms with Crippen LogP contribution in [0.3, 0.4) is 0 Å². The highest BCUT2D eigenvalue weighted by molar-refractivity contribution is 6.00. The molecule has 2 fully saturated rings. The number of benzene rings is 2. The maximum absolute atomic E-state index is 13.8. The highest BCUT2D eigenvalue weighted by Crippen LogP contribution is 2.41. The number of nitrogens with one attached hydrogen (secondary N) is 2. The Balaban J connectivity index is 0.886. The minimum atomic E-state index is -0.551. The van der Waals surface area contributed by atoms with E-state index in [1.165, 1.54) is 18.4 Å². The van der Waals surface area contributed by atoms with E-state index in [4.69, 9.17) is 0 Å². The number of aromatic nitrogens is 5. The molecule has 0 bridgehead atoms. The predicted molar refractivity (Wildman–Crippen MR) is 190 cm³/mol. The molecule has 2 aromatic carbocycles. The van der Waals surface area contributed by atoms with Crippen molar-refractivity contribution in [1.29, 1.82) is 0 Å². The van der Waals surface area contributed by atoms with Crippen molar-refractivity contribution in [3.05, 3.63) is 96.6 Å². The summed E-state index contributed by atoms with van der Waals surface area (Å²) < 4.78 is 0. The fourth-order valence-corrected chi connectivity index (χ4v) is 7.23. The number of carbonyl (C=O) groups excluding carboxylic acids is 2. The zero-order chi connectivity index (χ0) is 33.4. The van der Waals surface area contributed by atoms with Gasteiger partial charge in [0.1, 0.15) is 5.69 Å². The Kier molecular flexibility index (Phi) is 8.25. The van der Waals surface area contributed by atoms with Gasteiger partial charge in [-0.15, -0.1) is 0 Å². The number of fused-ring (bicyclic) bond motifs is 1. The van der Waals surface area contributed by atoms with Gasteiger partial charge in [0.15, 0.2) is 5.82 Å². The lowest BCUT2D eigenvalue weighted by molar-refractivity contribution is -0.132. The first kappa shape index (κ1) is 31.1. The maximum Gasteiger partial charge on any atom is 0.237 e. The summed E-state index contributed by atoms with van der Waals surface area (Å²) in [4.78, 5) is 44.5. The minimum absolute atomic E-state index is 0.00432. The van der Waals surface area contributed by atoms with Crippen molar-refractivity contribution in [3.63, 3.8) is 0 Å². The SMILES string of the molecule is CC[C@@]1(C(=O)Nc2ccc3[nH]nc(-c4ccnc(C5CC5)c4)c3c2)CCN(CC(=O)N2CC=C(c3ccc(-c4ncccn4)cc3)CC2)C1. The van der Waals surface area contributed by atoms with E-state index >= 15 is 0 Å². The Bertz CT molecular complexity index is 2040. The van der Waals surface area contributed by atoms with E-state index in [0.717, 1.165) is 64.1 Å². The van der Waals surface area contributed by atoms with Crippen LogP contribution in [0.25, 0.3) is 39.1 Å². The van der Waals surface area contributed by atoms with Gasteiger partial charge in [0.25, 0.3) is 0 Å². The Labute approximate surface area is 285 Å². The van der Waals surface area contributed by atoms with Crippen LogP contribution in [0, 0.1) is 5.41 Å². The number of hydrogen-bond donors (Lipinski definition) is 2. The molecule has 0 unspecified atom stereocenters. The molecule has 248 valence electrons. The Morgan fingerprint density at radius 1 is 0.939 bits per heavy atom. The summed E-state index contributed by atoms with van der Waals surface area (Å²) in [7, 11) is 0. The number of pyridine rings is 1. The van der Waals surface area contributed by atoms with E-state index in [0.29, 0.717) is 44.3 Å². The van der Waals surface area contributed by atoms with Crippen LogP contribution in [0.2, 0.25) is 0 Å². The normalized spacial score (nSPS) is 19.6. The zero-order valence-corrected chi connectivity index (χ0v) is 27.7. The van der Waals surface area contributed by atoms with Gasteiger partial charge in [-0.2, -0.15) is 5.10 Å². The number of carbonyl (C=O) groups is 2. The van der Waals surface area contributed by atoms with Crippen molar-refractivity contribution >= 4 is 34.0 Å². The highest BCUT2D eigenvalue weighted by atomic mass is 16.2. The first-order valence-electron chi connectivity index (χ1n) is 17.3. The van der Waals surface area contributed by atoms with Gasteiger partial charge in [0.05, 0.1) is 17.5 Å². The standard InChI is InChI=1S/C39H40N8O2/c1-2-39(38(49)43-31-10-11-33-32(23-31)36(45-44-33)30-12-18-40-34(22-30)28-6-7-28)15-21-46(25-39)24-35(48)47-19-13-27(14-20-47)26-4-8-29(9-5-26)37-41-16-3-17-42-37/h3-5,8-13,16-18,22-23,28H,2,6-7,14-15,19-21,24-25H2,1H3,(H,43,49)(H,44,45)/t39-/m1/s1. The number of hydrogen-bond acceptors (Lipinski definition) is 7. The fraction of sp³-hybridized carbons (Fsp3) is 0.333. The number of H-pyrrole nitrogens is 1. The fourth-order valence-electron chi connectivity index (χ4n) is 7.23. The van der Waals surface area contributed by atoms with Crippen molar-refractivity contribution in [2.45, 2.75) is 44.9 Å². The van der Waals surface area contributed by atoms with Crippen LogP contribution < -0.4 is 5.32 Å². The average Bonchev–Trinajstić information content (AvgIpc) is 3.79. The molecule has 2 amide bonds. The average molecular weight is 653 g/mol. The lowest BCUT2D eigenvalue weighted by Gasteiger charge is -2.30. The summed E-state index contributed by atoms with van der Waals surface area (Å²) in [5.41, 5.74) is 7.52. The van der Waals surface area contributed by atoms with Crippen LogP contribution in [-0.4, -0.2) is 79.5 Å². The number of nitrogens with zero attached hydrogens (tertiary/aromatic N) is 6. The molecule has 10 nitrogen and oxygen atoms in total. The highest BCUT2D eigenvalue weighted by Gasteiger charge is 2.43. The van der Waals surface area contributed by atoms with Crippen LogP contribution in [-0.2, 0) is 9.59 Å². The van der Waals surface area contributed by atoms with Crippen molar-refractivity contribution in [2.24, 2.45) is 5.41 Å². The van der Waals surface area contributed by atoms with Crippen molar-refractivity contribution in [2.75, 3.05) is 38.0 Å². The quantitative estimate of drug-likeness (QED) is 0.191. The molecular weight excluding hydrogens is 612 g/mol. The molecule has 3 aromatic heterocycles. The summed E-state index contributed by atoms with van der Waals surface area (Å²) in [6, 6.07) is 20.1. The van der Waals surface area contributed by atoms with Crippen LogP contribution in [0.5, 0.6) is 0 Å². The molecule has 1 aliphatic carbocycles. The van der Waals surface area contributed by atoms with Gasteiger partial charge < -0.3 is 10.2 Å². The molecule has 5 aromatic rings. The number of likely N-dealkylation sites (tertiary alicyclic amines) is 1. The Hall–Kier alpha value is -5.22. The second-order valence-corrected chi connectivity index (χ2v) is 13.6. The van der Waals surface area contributed by atoms with Gasteiger partial charge in [-0.1, -0.05) is 37.3 Å². The van der Waals surface area contributed by atoms with Crippen LogP contribution in [0.4, 0.5) is 5.69 Å². The molecule has 2 aliphatic heterocycles. The van der Waals surface area contributed by atoms with E-state index in [9.17, 15) is 9.59 Å². The van der Waals surface area contributed by atoms with Gasteiger partial charge in [0.2, 0.25) is 11.8 Å². The zero-order valence-electron chi connectivity index (χ0n) is 27.7. The first-order valence-corrected chi connectivity index (χ1v) is 17.3. The molecule has 10 heteroatoms. The van der Waals surface area contributed by atoms with Crippen molar-refractivity contribution in [1.82, 2.24) is 34.9 Å². The van der Waals surface area contributed by atoms with Gasteiger partial charge >= 0.3 is 0 Å². The molecule has 2 N–H and O–H groups in total. The van der Waals surface area contributed by atoms with Crippen LogP contribution >= 0.6 is 0 Å². The molecule has 8 rings (SSSR count). The molecule has 5 heterocycles. The Morgan fingerprint density at radius 2 is 1.76 bits per heavy atom. The molecule has 0 radical (unpaired) electrons. The lowest BCUT2D eigenvalue weighted by Crippen LogP contribution is -2.43. The summed E-state index contributed by atoms with van der Waals surface area (Å²) in [5.74, 6) is 1.38. The third-order valence-corrected chi connectivity index (χ3v) is 10.5. The molecule has 3 aliphatic rings. The molecule has 49 heavy (non-hydrogen) atoms. The van der Waals surface area contributed by atoms with Gasteiger partial charge in [-0.25, -0.2) is 9.97 Å². The maximum atomic E-state index is 13.8. The van der Waals surface area contributed by atoms with Crippen molar-refractivity contribution in [3.8, 4) is 22.6 Å². The molecule has 1 saturated heterocycles.